The topological polar surface area (TPSA) is 58.3 Å². The zero-order valence-corrected chi connectivity index (χ0v) is 9.53. The summed E-state index contributed by atoms with van der Waals surface area (Å²) in [5, 5.41) is 19.0. The van der Waals surface area contributed by atoms with E-state index in [1.807, 2.05) is 41.1 Å². The minimum absolute atomic E-state index is 0.138. The maximum atomic E-state index is 10.2. The molecule has 0 aliphatic rings. The third-order valence-corrected chi connectivity index (χ3v) is 2.66. The molecule has 0 fully saturated rings. The summed E-state index contributed by atoms with van der Waals surface area (Å²) in [5.41, 5.74) is 0.823. The minimum atomic E-state index is -0.718. The first-order valence-electron chi connectivity index (χ1n) is 5.68. The molecule has 0 bridgehead atoms. The van der Waals surface area contributed by atoms with Crippen LogP contribution in [0.15, 0.2) is 42.7 Å². The third kappa shape index (κ3) is 2.72. The van der Waals surface area contributed by atoms with E-state index in [4.69, 9.17) is 5.11 Å². The van der Waals surface area contributed by atoms with Crippen molar-refractivity contribution in [3.8, 4) is 0 Å². The molecule has 17 heavy (non-hydrogen) atoms. The maximum absolute atomic E-state index is 10.2. The molecular weight excluding hydrogens is 216 g/mol. The van der Waals surface area contributed by atoms with Crippen LogP contribution in [0.3, 0.4) is 0 Å². The molecule has 4 nitrogen and oxygen atoms in total. The molecule has 1 aromatic carbocycles. The van der Waals surface area contributed by atoms with E-state index in [2.05, 4.69) is 4.98 Å². The van der Waals surface area contributed by atoms with Crippen molar-refractivity contribution < 1.29 is 10.2 Å². The van der Waals surface area contributed by atoms with Gasteiger partial charge in [-0.15, -0.1) is 0 Å². The van der Waals surface area contributed by atoms with Gasteiger partial charge in [0.05, 0.1) is 0 Å². The van der Waals surface area contributed by atoms with Gasteiger partial charge in [0.15, 0.2) is 0 Å². The molecule has 0 radical (unpaired) electrons. The average Bonchev–Trinajstić information content (AvgIpc) is 2.84. The summed E-state index contributed by atoms with van der Waals surface area (Å²) in [7, 11) is 0. The van der Waals surface area contributed by atoms with Gasteiger partial charge in [0.1, 0.15) is 11.9 Å². The average molecular weight is 232 g/mol. The molecule has 1 aromatic heterocycles. The number of aryl methyl sites for hydroxylation is 1. The number of nitrogens with zero attached hydrogens (tertiary/aromatic N) is 2. The summed E-state index contributed by atoms with van der Waals surface area (Å²) in [4.78, 5) is 4.18. The highest BCUT2D eigenvalue weighted by Crippen LogP contribution is 2.20. The Morgan fingerprint density at radius 3 is 2.71 bits per heavy atom. The van der Waals surface area contributed by atoms with Gasteiger partial charge in [0.25, 0.3) is 0 Å². The van der Waals surface area contributed by atoms with Crippen LogP contribution in [0.4, 0.5) is 0 Å². The highest BCUT2D eigenvalue weighted by Gasteiger charge is 2.15. The Balaban J connectivity index is 2.19. The van der Waals surface area contributed by atoms with Gasteiger partial charge in [-0.2, -0.15) is 0 Å². The van der Waals surface area contributed by atoms with E-state index in [9.17, 15) is 5.11 Å². The van der Waals surface area contributed by atoms with Gasteiger partial charge in [-0.3, -0.25) is 0 Å². The summed E-state index contributed by atoms with van der Waals surface area (Å²) in [6.07, 6.45) is 3.42. The monoisotopic (exact) mass is 232 g/mol. The highest BCUT2D eigenvalue weighted by molar-refractivity contribution is 5.22. The first-order chi connectivity index (χ1) is 8.33. The van der Waals surface area contributed by atoms with E-state index in [-0.39, 0.29) is 6.61 Å². The van der Waals surface area contributed by atoms with Gasteiger partial charge in [-0.1, -0.05) is 30.3 Å². The molecule has 1 unspecified atom stereocenters. The van der Waals surface area contributed by atoms with E-state index in [0.29, 0.717) is 18.8 Å². The summed E-state index contributed by atoms with van der Waals surface area (Å²) < 4.78 is 1.87. The molecule has 1 heterocycles. The standard InChI is InChI=1S/C13H16N2O2/c16-10-4-8-15-9-7-14-13(15)12(17)11-5-2-1-3-6-11/h1-3,5-7,9,12,16-17H,4,8,10H2. The second-order valence-electron chi connectivity index (χ2n) is 3.87. The van der Waals surface area contributed by atoms with Crippen molar-refractivity contribution >= 4 is 0 Å². The fraction of sp³-hybridized carbons (Fsp3) is 0.308. The first-order valence-corrected chi connectivity index (χ1v) is 5.68. The van der Waals surface area contributed by atoms with Crippen LogP contribution < -0.4 is 0 Å². The number of imidazole rings is 1. The fourth-order valence-electron chi connectivity index (χ4n) is 1.78. The SMILES string of the molecule is OCCCn1ccnc1C(O)c1ccccc1. The third-order valence-electron chi connectivity index (χ3n) is 2.66. The van der Waals surface area contributed by atoms with Crippen LogP contribution in [-0.4, -0.2) is 26.4 Å². The van der Waals surface area contributed by atoms with Crippen molar-refractivity contribution in [2.24, 2.45) is 0 Å². The molecule has 0 saturated carbocycles. The van der Waals surface area contributed by atoms with E-state index in [1.165, 1.54) is 0 Å². The minimum Gasteiger partial charge on any atom is -0.396 e. The molecule has 0 saturated heterocycles. The summed E-state index contributed by atoms with van der Waals surface area (Å²) in [6.45, 7) is 0.800. The van der Waals surface area contributed by atoms with Gasteiger partial charge in [0.2, 0.25) is 0 Å². The van der Waals surface area contributed by atoms with Gasteiger partial charge >= 0.3 is 0 Å². The second-order valence-corrected chi connectivity index (χ2v) is 3.87. The first kappa shape index (κ1) is 11.8. The summed E-state index contributed by atoms with van der Waals surface area (Å²) in [5.74, 6) is 0.615. The highest BCUT2D eigenvalue weighted by atomic mass is 16.3. The van der Waals surface area contributed by atoms with Gasteiger partial charge in [0, 0.05) is 25.5 Å². The van der Waals surface area contributed by atoms with Gasteiger partial charge in [-0.05, 0) is 12.0 Å². The molecule has 2 aromatic rings. The molecule has 0 aliphatic carbocycles. The van der Waals surface area contributed by atoms with Crippen molar-refractivity contribution in [2.75, 3.05) is 6.61 Å². The van der Waals surface area contributed by atoms with E-state index >= 15 is 0 Å². The Bertz CT molecular complexity index is 453. The van der Waals surface area contributed by atoms with Crippen LogP contribution in [0.2, 0.25) is 0 Å². The molecule has 0 amide bonds. The van der Waals surface area contributed by atoms with Crippen LogP contribution in [-0.2, 0) is 6.54 Å². The smallest absolute Gasteiger partial charge is 0.142 e. The molecule has 2 N–H and O–H groups in total. The molecule has 90 valence electrons. The van der Waals surface area contributed by atoms with E-state index in [1.54, 1.807) is 6.20 Å². The number of aliphatic hydroxyl groups is 2. The Morgan fingerprint density at radius 2 is 2.00 bits per heavy atom. The Hall–Kier alpha value is -1.65. The number of rotatable bonds is 5. The Labute approximate surface area is 100 Å². The van der Waals surface area contributed by atoms with Crippen LogP contribution >= 0.6 is 0 Å². The molecule has 1 atom stereocenters. The van der Waals surface area contributed by atoms with Gasteiger partial charge < -0.3 is 14.8 Å². The molecule has 0 aliphatic heterocycles. The van der Waals surface area contributed by atoms with Crippen molar-refractivity contribution in [2.45, 2.75) is 19.1 Å². The molecule has 2 rings (SSSR count). The molecule has 4 heteroatoms. The van der Waals surface area contributed by atoms with E-state index in [0.717, 1.165) is 5.56 Å². The lowest BCUT2D eigenvalue weighted by Gasteiger charge is -2.13. The zero-order chi connectivity index (χ0) is 12.1. The van der Waals surface area contributed by atoms with Crippen molar-refractivity contribution in [1.82, 2.24) is 9.55 Å². The van der Waals surface area contributed by atoms with E-state index < -0.39 is 6.10 Å². The lowest BCUT2D eigenvalue weighted by Crippen LogP contribution is -2.10. The van der Waals surface area contributed by atoms with Crippen LogP contribution in [0.1, 0.15) is 23.9 Å². The van der Waals surface area contributed by atoms with Crippen molar-refractivity contribution in [3.05, 3.63) is 54.1 Å². The molecule has 0 spiro atoms. The quantitative estimate of drug-likeness (QED) is 0.818. The predicted molar refractivity (Wildman–Crippen MR) is 64.4 cm³/mol. The number of hydrogen-bond donors (Lipinski definition) is 2. The fourth-order valence-corrected chi connectivity index (χ4v) is 1.78. The largest absolute Gasteiger partial charge is 0.396 e. The van der Waals surface area contributed by atoms with Crippen LogP contribution in [0.5, 0.6) is 0 Å². The normalized spacial score (nSPS) is 12.6. The predicted octanol–water partition coefficient (Wildman–Crippen LogP) is 1.35. The number of aliphatic hydroxyl groups excluding tert-OH is 2. The van der Waals surface area contributed by atoms with Crippen molar-refractivity contribution in [1.29, 1.82) is 0 Å². The number of benzene rings is 1. The lowest BCUT2D eigenvalue weighted by atomic mass is 10.1. The summed E-state index contributed by atoms with van der Waals surface area (Å²) in [6, 6.07) is 9.43. The maximum Gasteiger partial charge on any atom is 0.142 e. The van der Waals surface area contributed by atoms with Gasteiger partial charge in [-0.25, -0.2) is 4.98 Å². The number of hydrogen-bond acceptors (Lipinski definition) is 3. The van der Waals surface area contributed by atoms with Crippen LogP contribution in [0.25, 0.3) is 0 Å². The molecular formula is C13H16N2O2. The zero-order valence-electron chi connectivity index (χ0n) is 9.53. The van der Waals surface area contributed by atoms with Crippen LogP contribution in [0, 0.1) is 0 Å². The Morgan fingerprint density at radius 1 is 1.24 bits per heavy atom. The Kier molecular flexibility index (Phi) is 3.90. The lowest BCUT2D eigenvalue weighted by molar-refractivity contribution is 0.202. The summed E-state index contributed by atoms with van der Waals surface area (Å²) >= 11 is 0. The number of aromatic nitrogens is 2. The van der Waals surface area contributed by atoms with Crippen molar-refractivity contribution in [3.63, 3.8) is 0 Å². The second kappa shape index (κ2) is 5.61.